The molecular formula is C35H37O17+. The van der Waals surface area contributed by atoms with Crippen molar-refractivity contribution in [3.63, 3.8) is 0 Å². The first kappa shape index (κ1) is 36.7. The van der Waals surface area contributed by atoms with Crippen LogP contribution < -0.4 is 0 Å². The second kappa shape index (κ2) is 15.2. The molecule has 3 aliphatic heterocycles. The molecule has 3 aliphatic rings. The zero-order valence-electron chi connectivity index (χ0n) is 27.0. The highest BCUT2D eigenvalue weighted by Crippen LogP contribution is 2.46. The largest absolute Gasteiger partial charge is 0.571 e. The number of phenols is 5. The number of carbonyl (C=O) groups is 1. The van der Waals surface area contributed by atoms with Crippen molar-refractivity contribution < 1.29 is 84.3 Å². The molecule has 0 amide bonds. The van der Waals surface area contributed by atoms with Crippen LogP contribution in [0, 0.1) is 0 Å². The average molecular weight is 730 g/mol. The van der Waals surface area contributed by atoms with Gasteiger partial charge in [-0.05, 0) is 42.0 Å². The van der Waals surface area contributed by atoms with Crippen LogP contribution in [0.15, 0.2) is 66.4 Å². The van der Waals surface area contributed by atoms with Crippen LogP contribution in [0.2, 0.25) is 0 Å². The molecule has 3 heterocycles. The number of hydrogen-bond donors (Lipinski definition) is 10. The normalized spacial score (nSPS) is 30.2. The highest BCUT2D eigenvalue weighted by atomic mass is 16.8. The van der Waals surface area contributed by atoms with Crippen molar-refractivity contribution in [2.24, 2.45) is 0 Å². The van der Waals surface area contributed by atoms with E-state index in [0.29, 0.717) is 5.56 Å². The highest BCUT2D eigenvalue weighted by molar-refractivity contribution is 5.87. The summed E-state index contributed by atoms with van der Waals surface area (Å²) in [7, 11) is 0. The Kier molecular flexibility index (Phi) is 10.7. The Morgan fingerprint density at radius 1 is 0.808 bits per heavy atom. The van der Waals surface area contributed by atoms with Crippen LogP contribution in [-0.2, 0) is 28.5 Å². The van der Waals surface area contributed by atoms with Gasteiger partial charge >= 0.3 is 5.97 Å². The number of aliphatic hydroxyl groups excluding tert-OH is 5. The van der Waals surface area contributed by atoms with Gasteiger partial charge in [0, 0.05) is 18.2 Å². The molecule has 0 aliphatic carbocycles. The first-order chi connectivity index (χ1) is 24.8. The van der Waals surface area contributed by atoms with Gasteiger partial charge in [0.25, 0.3) is 11.9 Å². The number of fused-ring (bicyclic) bond motifs is 1. The van der Waals surface area contributed by atoms with Gasteiger partial charge in [-0.15, -0.1) is 0 Å². The van der Waals surface area contributed by atoms with Crippen molar-refractivity contribution in [2.75, 3.05) is 13.2 Å². The zero-order valence-corrected chi connectivity index (χ0v) is 27.0. The molecular weight excluding hydrogens is 692 g/mol. The molecule has 2 fully saturated rings. The van der Waals surface area contributed by atoms with Crippen LogP contribution in [0.3, 0.4) is 0 Å². The van der Waals surface area contributed by atoms with Crippen LogP contribution in [0.25, 0.3) is 12.2 Å². The van der Waals surface area contributed by atoms with E-state index in [2.05, 4.69) is 4.74 Å². The molecule has 2 saturated heterocycles. The summed E-state index contributed by atoms with van der Waals surface area (Å²) in [5.41, 5.74) is 0.913. The van der Waals surface area contributed by atoms with Crippen LogP contribution >= 0.6 is 0 Å². The summed E-state index contributed by atoms with van der Waals surface area (Å²) >= 11 is 0. The summed E-state index contributed by atoms with van der Waals surface area (Å²) < 4.78 is 33.2. The SMILES string of the molecule is O=C(C=Cc1ccc(O)cc1)OCC1OC(OC2=Cc3c(O)cc(O)cc3[OH+]C2c2ccc(O)c(O)c2)C(OC2OCC(O)C(O)C2O)C(O)C1O. The quantitative estimate of drug-likeness (QED) is 0.0605. The third-order valence-corrected chi connectivity index (χ3v) is 8.60. The molecule has 0 bridgehead atoms. The van der Waals surface area contributed by atoms with Gasteiger partial charge in [-0.25, -0.2) is 4.79 Å². The van der Waals surface area contributed by atoms with E-state index in [1.165, 1.54) is 48.6 Å². The third kappa shape index (κ3) is 7.86. The minimum Gasteiger partial charge on any atom is -0.571 e. The molecule has 52 heavy (non-hydrogen) atoms. The predicted octanol–water partition coefficient (Wildman–Crippen LogP) is 0.0958. The molecule has 6 rings (SSSR count). The number of aromatic hydroxyl groups is 6. The first-order valence-corrected chi connectivity index (χ1v) is 15.9. The van der Waals surface area contributed by atoms with Gasteiger partial charge in [0.15, 0.2) is 29.7 Å². The van der Waals surface area contributed by atoms with Crippen molar-refractivity contribution in [1.82, 2.24) is 0 Å². The fraction of sp³-hybridized carbons (Fsp3) is 0.343. The van der Waals surface area contributed by atoms with E-state index in [1.54, 1.807) is 12.1 Å². The molecule has 17 heteroatoms. The van der Waals surface area contributed by atoms with Gasteiger partial charge < -0.3 is 79.5 Å². The fourth-order valence-corrected chi connectivity index (χ4v) is 5.77. The molecule has 0 spiro atoms. The Balaban J connectivity index is 1.30. The molecule has 0 radical (unpaired) electrons. The Morgan fingerprint density at radius 2 is 1.56 bits per heavy atom. The molecule has 3 aromatic carbocycles. The molecule has 3 aromatic rings. The van der Waals surface area contributed by atoms with Crippen LogP contribution in [0.4, 0.5) is 0 Å². The highest BCUT2D eigenvalue weighted by Gasteiger charge is 2.51. The van der Waals surface area contributed by atoms with E-state index in [-0.39, 0.29) is 34.1 Å². The standard InChI is InChI=1S/C35H36O17/c36-17-5-1-15(2-6-17)3-8-27(42)47-14-26-29(44)30(45)33(52-34-31(46)28(43)23(41)13-48-34)35(51-26)50-25-12-19-21(39)10-18(37)11-24(19)49-32(25)16-4-7-20(38)22(40)9-16/h1-12,23,26,28-41,43-46H,13-14H2/p+1. The summed E-state index contributed by atoms with van der Waals surface area (Å²) in [5.74, 6) is -2.44. The average Bonchev–Trinajstić information content (AvgIpc) is 3.11. The number of rotatable bonds is 9. The minimum absolute atomic E-state index is 0.0320. The summed E-state index contributed by atoms with van der Waals surface area (Å²) in [4.78, 5) is 12.6. The van der Waals surface area contributed by atoms with Gasteiger partial charge in [0.1, 0.15) is 66.0 Å². The Hall–Kier alpha value is -5.11. The molecule has 10 atom stereocenters. The maximum atomic E-state index is 12.6. The summed E-state index contributed by atoms with van der Waals surface area (Å²) in [6.07, 6.45) is -12.5. The van der Waals surface area contributed by atoms with Crippen molar-refractivity contribution in [3.8, 4) is 34.5 Å². The van der Waals surface area contributed by atoms with Gasteiger partial charge in [-0.3, -0.25) is 0 Å². The van der Waals surface area contributed by atoms with E-state index in [4.69, 9.17) is 23.7 Å². The zero-order chi connectivity index (χ0) is 37.3. The van der Waals surface area contributed by atoms with Gasteiger partial charge in [0.2, 0.25) is 6.29 Å². The number of carbonyl (C=O) groups excluding carboxylic acids is 1. The minimum atomic E-state index is -1.88. The van der Waals surface area contributed by atoms with E-state index >= 15 is 0 Å². The topological polar surface area (TPSA) is 278 Å². The maximum Gasteiger partial charge on any atom is 0.330 e. The van der Waals surface area contributed by atoms with Crippen molar-refractivity contribution in [3.05, 3.63) is 83.1 Å². The predicted molar refractivity (Wildman–Crippen MR) is 174 cm³/mol. The maximum absolute atomic E-state index is 12.6. The lowest BCUT2D eigenvalue weighted by Gasteiger charge is -2.45. The van der Waals surface area contributed by atoms with Gasteiger partial charge in [0.05, 0.1) is 18.2 Å². The van der Waals surface area contributed by atoms with E-state index in [0.717, 1.165) is 12.1 Å². The lowest BCUT2D eigenvalue weighted by atomic mass is 9.97. The summed E-state index contributed by atoms with van der Waals surface area (Å²) in [6, 6.07) is 12.1. The fourth-order valence-electron chi connectivity index (χ4n) is 5.77. The second-order valence-corrected chi connectivity index (χ2v) is 12.3. The Bertz CT molecular complexity index is 1810. The Morgan fingerprint density at radius 3 is 2.29 bits per heavy atom. The van der Waals surface area contributed by atoms with Crippen LogP contribution in [0.1, 0.15) is 22.8 Å². The molecule has 278 valence electrons. The number of phenolic OH excluding ortho intramolecular Hbond substituents is 5. The lowest BCUT2D eigenvalue weighted by molar-refractivity contribution is -0.353. The van der Waals surface area contributed by atoms with E-state index < -0.39 is 97.8 Å². The number of hydrogen-bond acceptors (Lipinski definition) is 16. The number of aliphatic hydroxyl groups is 6. The summed E-state index contributed by atoms with van der Waals surface area (Å²) in [5, 5.41) is 103. The van der Waals surface area contributed by atoms with Crippen molar-refractivity contribution in [1.29, 1.82) is 0 Å². The van der Waals surface area contributed by atoms with Crippen molar-refractivity contribution in [2.45, 2.75) is 61.4 Å². The third-order valence-electron chi connectivity index (χ3n) is 8.60. The van der Waals surface area contributed by atoms with Crippen LogP contribution in [-0.4, -0.2) is 130 Å². The smallest absolute Gasteiger partial charge is 0.330 e. The van der Waals surface area contributed by atoms with Crippen molar-refractivity contribution >= 4 is 18.1 Å². The summed E-state index contributed by atoms with van der Waals surface area (Å²) in [6.45, 7) is -1.07. The second-order valence-electron chi connectivity index (χ2n) is 12.3. The molecule has 17 nitrogen and oxygen atoms in total. The monoisotopic (exact) mass is 729 g/mol. The van der Waals surface area contributed by atoms with E-state index in [1.807, 2.05) is 0 Å². The molecule has 0 aromatic heterocycles. The number of esters is 1. The first-order valence-electron chi connectivity index (χ1n) is 15.9. The van der Waals surface area contributed by atoms with Crippen LogP contribution in [0.5, 0.6) is 34.5 Å². The number of benzene rings is 3. The Labute approximate surface area is 294 Å². The van der Waals surface area contributed by atoms with Gasteiger partial charge in [-0.2, -0.15) is 0 Å². The van der Waals surface area contributed by atoms with E-state index in [9.17, 15) is 55.9 Å². The van der Waals surface area contributed by atoms with Gasteiger partial charge in [-0.1, -0.05) is 12.1 Å². The molecule has 10 unspecified atom stereocenters. The molecule has 11 N–H and O–H groups in total. The molecule has 0 saturated carbocycles. The number of ether oxygens (including phenoxy) is 6. The lowest BCUT2D eigenvalue weighted by Crippen LogP contribution is -2.63.